The lowest BCUT2D eigenvalue weighted by molar-refractivity contribution is 0.201. The third kappa shape index (κ3) is 2.68. The SMILES string of the molecule is Cc1cc2c(cc1S(=O)(=O)O)[C@@H]1[C@H]([C@H]3[C@H]2[C@@]2(Cl)C(Cl)=C(Cl)[C@@]3(Cl)C2(Cl)Cl)[C@@]2(Cl)C(Cl)=C(Cl)[C@@]1(Cl)C2(Cl)Cl. The van der Waals surface area contributed by atoms with E-state index < -0.39 is 62.0 Å². The van der Waals surface area contributed by atoms with Crippen LogP contribution in [0.3, 0.4) is 0 Å². The van der Waals surface area contributed by atoms with Gasteiger partial charge >= 0.3 is 0 Å². The van der Waals surface area contributed by atoms with Gasteiger partial charge in [0.2, 0.25) is 0 Å². The number of hydrogen-bond donors (Lipinski definition) is 1. The molecule has 16 heteroatoms. The predicted octanol–water partition coefficient (Wildman–Crippen LogP) is 9.35. The Hall–Kier alpha value is 2.09. The van der Waals surface area contributed by atoms with Crippen molar-refractivity contribution in [3.8, 4) is 0 Å². The fourth-order valence-electron chi connectivity index (χ4n) is 7.32. The van der Waals surface area contributed by atoms with Gasteiger partial charge in [0.05, 0.1) is 25.0 Å². The zero-order valence-corrected chi connectivity index (χ0v) is 27.6. The van der Waals surface area contributed by atoms with Crippen LogP contribution in [-0.2, 0) is 10.1 Å². The van der Waals surface area contributed by atoms with Crippen LogP contribution in [0.15, 0.2) is 37.2 Å². The zero-order chi connectivity index (χ0) is 27.8. The molecule has 37 heavy (non-hydrogen) atoms. The molecule has 0 unspecified atom stereocenters. The van der Waals surface area contributed by atoms with Crippen molar-refractivity contribution in [3.63, 3.8) is 0 Å². The van der Waals surface area contributed by atoms with Crippen LogP contribution in [-0.4, -0.2) is 41.1 Å². The molecule has 2 fully saturated rings. The lowest BCUT2D eigenvalue weighted by atomic mass is 9.57. The van der Waals surface area contributed by atoms with E-state index in [1.807, 2.05) is 0 Å². The minimum Gasteiger partial charge on any atom is -0.282 e. The normalized spacial score (nSPS) is 46.4. The first-order valence-electron chi connectivity index (χ1n) is 10.4. The Morgan fingerprint density at radius 2 is 0.973 bits per heavy atom. The molecule has 1 aromatic carbocycles. The number of rotatable bonds is 1. The van der Waals surface area contributed by atoms with E-state index in [2.05, 4.69) is 0 Å². The van der Waals surface area contributed by atoms with E-state index >= 15 is 0 Å². The molecule has 5 aliphatic rings. The number of benzene rings is 1. The average molecular weight is 768 g/mol. The van der Waals surface area contributed by atoms with Gasteiger partial charge in [-0.05, 0) is 29.7 Å². The molecule has 6 rings (SSSR count). The molecule has 0 aromatic heterocycles. The molecule has 0 aliphatic heterocycles. The van der Waals surface area contributed by atoms with Crippen LogP contribution in [0.2, 0.25) is 0 Å². The van der Waals surface area contributed by atoms with Crippen molar-refractivity contribution in [2.75, 3.05) is 0 Å². The van der Waals surface area contributed by atoms with Gasteiger partial charge in [0.1, 0.15) is 19.5 Å². The summed E-state index contributed by atoms with van der Waals surface area (Å²) in [5, 5.41) is -0.397. The van der Waals surface area contributed by atoms with Crippen molar-refractivity contribution in [2.24, 2.45) is 11.8 Å². The van der Waals surface area contributed by atoms with E-state index in [1.165, 1.54) is 19.1 Å². The van der Waals surface area contributed by atoms with Gasteiger partial charge < -0.3 is 0 Å². The molecule has 0 heterocycles. The maximum absolute atomic E-state index is 12.3. The van der Waals surface area contributed by atoms with Crippen molar-refractivity contribution in [1.29, 1.82) is 0 Å². The monoisotopic (exact) mass is 762 g/mol. The van der Waals surface area contributed by atoms with Gasteiger partial charge in [-0.1, -0.05) is 98.9 Å². The summed E-state index contributed by atoms with van der Waals surface area (Å²) in [6.45, 7) is 1.49. The molecule has 202 valence electrons. The number of fused-ring (bicyclic) bond motifs is 14. The number of aryl methyl sites for hydroxylation is 1. The predicted molar refractivity (Wildman–Crippen MR) is 154 cm³/mol. The van der Waals surface area contributed by atoms with Crippen LogP contribution >= 0.6 is 139 Å². The maximum atomic E-state index is 12.3. The minimum atomic E-state index is -4.68. The molecule has 1 aromatic rings. The second kappa shape index (κ2) is 7.78. The van der Waals surface area contributed by atoms with Gasteiger partial charge in [0.15, 0.2) is 8.67 Å². The molecular formula is C21H10Cl12O3S. The molecule has 4 bridgehead atoms. The molecule has 3 nitrogen and oxygen atoms in total. The van der Waals surface area contributed by atoms with Crippen molar-refractivity contribution < 1.29 is 13.0 Å². The smallest absolute Gasteiger partial charge is 0.282 e. The van der Waals surface area contributed by atoms with Crippen molar-refractivity contribution in [3.05, 3.63) is 49.0 Å². The Kier molecular flexibility index (Phi) is 6.13. The van der Waals surface area contributed by atoms with Crippen LogP contribution in [0.25, 0.3) is 0 Å². The van der Waals surface area contributed by atoms with E-state index in [-0.39, 0.29) is 36.2 Å². The number of allylic oxidation sites excluding steroid dienone is 4. The molecule has 0 spiro atoms. The molecule has 0 radical (unpaired) electrons. The zero-order valence-electron chi connectivity index (χ0n) is 17.7. The summed E-state index contributed by atoms with van der Waals surface area (Å²) >= 11 is 83.3. The average Bonchev–Trinajstić information content (AvgIpc) is 3.12. The van der Waals surface area contributed by atoms with Gasteiger partial charge in [-0.2, -0.15) is 8.42 Å². The topological polar surface area (TPSA) is 54.4 Å². The Morgan fingerprint density at radius 3 is 1.32 bits per heavy atom. The van der Waals surface area contributed by atoms with Gasteiger partial charge in [-0.25, -0.2) is 0 Å². The molecule has 2 saturated carbocycles. The maximum Gasteiger partial charge on any atom is 0.294 e. The minimum absolute atomic E-state index is 0.0759. The molecule has 1 N–H and O–H groups in total. The summed E-state index contributed by atoms with van der Waals surface area (Å²) in [6, 6.07) is 2.78. The highest BCUT2D eigenvalue weighted by Gasteiger charge is 2.91. The summed E-state index contributed by atoms with van der Waals surface area (Å²) in [7, 11) is -4.68. The third-order valence-corrected chi connectivity index (χ3v) is 18.2. The van der Waals surface area contributed by atoms with Gasteiger partial charge in [-0.15, -0.1) is 46.4 Å². The quantitative estimate of drug-likeness (QED) is 0.229. The third-order valence-electron chi connectivity index (χ3n) is 8.70. The van der Waals surface area contributed by atoms with Crippen molar-refractivity contribution in [2.45, 2.75) is 51.8 Å². The van der Waals surface area contributed by atoms with E-state index in [1.54, 1.807) is 0 Å². The summed E-state index contributed by atoms with van der Waals surface area (Å²) in [5.74, 6) is -3.81. The lowest BCUT2D eigenvalue weighted by Crippen LogP contribution is -2.53. The summed E-state index contributed by atoms with van der Waals surface area (Å²) < 4.78 is 30.5. The Labute approximate surface area is 272 Å². The van der Waals surface area contributed by atoms with Crippen LogP contribution in [0.4, 0.5) is 0 Å². The summed E-state index contributed by atoms with van der Waals surface area (Å²) in [4.78, 5) is -7.71. The first kappa shape index (κ1) is 29.2. The van der Waals surface area contributed by atoms with E-state index in [0.717, 1.165) is 0 Å². The molecule has 0 amide bonds. The standard InChI is InChI=1S/C21H10Cl12O3S/c1-4-2-5-6(3-7(4)37(34,35)36)9-11(19(29)15(25)13(23)17(9,27)21(19,32)33)10-8(5)16(26)12(22)14(24)18(10,28)20(16,30)31/h2-3,8-11H,1H3,(H,34,35,36)/t8-,9+,10+,11+,16+,17+,18+,19+/m0/s1. The van der Waals surface area contributed by atoms with Crippen LogP contribution in [0, 0.1) is 18.8 Å². The summed E-state index contributed by atoms with van der Waals surface area (Å²) in [6.07, 6.45) is 0. The fourth-order valence-corrected chi connectivity index (χ4v) is 14.1. The largest absolute Gasteiger partial charge is 0.294 e. The number of hydrogen-bond acceptors (Lipinski definition) is 2. The Bertz CT molecular complexity index is 1520. The van der Waals surface area contributed by atoms with Crippen molar-refractivity contribution >= 4 is 149 Å². The van der Waals surface area contributed by atoms with Gasteiger partial charge in [0.25, 0.3) is 10.1 Å². The molecular weight excluding hydrogens is 758 g/mol. The Balaban J connectivity index is 1.82. The lowest BCUT2D eigenvalue weighted by Gasteiger charge is -2.52. The van der Waals surface area contributed by atoms with Gasteiger partial charge in [-0.3, -0.25) is 4.55 Å². The van der Waals surface area contributed by atoms with E-state index in [4.69, 9.17) is 139 Å². The number of halogens is 12. The first-order valence-corrected chi connectivity index (χ1v) is 16.4. The fraction of sp³-hybridized carbons (Fsp3) is 0.524. The molecule has 5 aliphatic carbocycles. The second-order valence-corrected chi connectivity index (χ2v) is 17.9. The molecule has 8 atom stereocenters. The second-order valence-electron chi connectivity index (χ2n) is 9.98. The summed E-state index contributed by atoms with van der Waals surface area (Å²) in [5.41, 5.74) is 0.924. The highest BCUT2D eigenvalue weighted by molar-refractivity contribution is 7.85. The highest BCUT2D eigenvalue weighted by Crippen LogP contribution is 2.88. The van der Waals surface area contributed by atoms with E-state index in [9.17, 15) is 13.0 Å². The highest BCUT2D eigenvalue weighted by atomic mass is 35.5. The van der Waals surface area contributed by atoms with Crippen LogP contribution in [0.5, 0.6) is 0 Å². The molecule has 0 saturated heterocycles. The Morgan fingerprint density at radius 1 is 0.649 bits per heavy atom. The van der Waals surface area contributed by atoms with Crippen LogP contribution < -0.4 is 0 Å². The van der Waals surface area contributed by atoms with E-state index in [0.29, 0.717) is 5.56 Å². The van der Waals surface area contributed by atoms with Crippen LogP contribution in [0.1, 0.15) is 28.5 Å². The number of alkyl halides is 8. The van der Waals surface area contributed by atoms with Gasteiger partial charge in [0, 0.05) is 23.7 Å². The first-order chi connectivity index (χ1) is 16.6. The van der Waals surface area contributed by atoms with Crippen molar-refractivity contribution in [1.82, 2.24) is 0 Å².